The van der Waals surface area contributed by atoms with Crippen molar-refractivity contribution in [2.75, 3.05) is 6.54 Å². The second kappa shape index (κ2) is 7.39. The van der Waals surface area contributed by atoms with Crippen LogP contribution in [0.15, 0.2) is 49.1 Å². The number of hydrogen-bond donors (Lipinski definition) is 1. The Kier molecular flexibility index (Phi) is 5.02. The third-order valence-electron chi connectivity index (χ3n) is 4.43. The first-order valence-corrected chi connectivity index (χ1v) is 8.51. The highest BCUT2D eigenvalue weighted by Gasteiger charge is 2.20. The van der Waals surface area contributed by atoms with Gasteiger partial charge in [0.1, 0.15) is 5.69 Å². The molecular formula is C20H23N5O. The fraction of sp³-hybridized carbons (Fsp3) is 0.250. The second-order valence-electron chi connectivity index (χ2n) is 6.30. The number of amides is 1. The lowest BCUT2D eigenvalue weighted by atomic mass is 10.1. The number of benzene rings is 1. The van der Waals surface area contributed by atoms with Gasteiger partial charge in [-0.1, -0.05) is 36.4 Å². The molecule has 6 heteroatoms. The molecule has 3 aromatic rings. The van der Waals surface area contributed by atoms with Gasteiger partial charge in [0.2, 0.25) is 0 Å². The Labute approximate surface area is 153 Å². The van der Waals surface area contributed by atoms with Crippen LogP contribution < -0.4 is 0 Å². The standard InChI is InChI=1S/C20H23N5O/c1-5-11-25(13-16-9-7-6-8-10-16)20(26)18-12-17(21-22-18)19-14(2)23-24(4)15(19)3/h5-10,12H,1,11,13H2,2-4H3,(H,21,22). The summed E-state index contributed by atoms with van der Waals surface area (Å²) in [6, 6.07) is 11.7. The van der Waals surface area contributed by atoms with E-state index >= 15 is 0 Å². The van der Waals surface area contributed by atoms with Crippen LogP contribution >= 0.6 is 0 Å². The zero-order valence-electron chi connectivity index (χ0n) is 15.4. The molecule has 3 rings (SSSR count). The van der Waals surface area contributed by atoms with Crippen LogP contribution in [0.3, 0.4) is 0 Å². The maximum Gasteiger partial charge on any atom is 0.272 e. The third-order valence-corrected chi connectivity index (χ3v) is 4.43. The Morgan fingerprint density at radius 3 is 2.65 bits per heavy atom. The smallest absolute Gasteiger partial charge is 0.272 e. The van der Waals surface area contributed by atoms with Gasteiger partial charge in [0.15, 0.2) is 0 Å². The van der Waals surface area contributed by atoms with Crippen LogP contribution in [-0.2, 0) is 13.6 Å². The third kappa shape index (κ3) is 3.44. The zero-order valence-corrected chi connectivity index (χ0v) is 15.4. The summed E-state index contributed by atoms with van der Waals surface area (Å²) in [5, 5.41) is 11.6. The average Bonchev–Trinajstić information content (AvgIpc) is 3.20. The van der Waals surface area contributed by atoms with Crippen molar-refractivity contribution < 1.29 is 4.79 Å². The highest BCUT2D eigenvalue weighted by Crippen LogP contribution is 2.25. The maximum atomic E-state index is 12.9. The molecule has 1 aromatic carbocycles. The van der Waals surface area contributed by atoms with Gasteiger partial charge < -0.3 is 4.90 Å². The number of carbonyl (C=O) groups excluding carboxylic acids is 1. The summed E-state index contributed by atoms with van der Waals surface area (Å²) in [6.45, 7) is 8.68. The van der Waals surface area contributed by atoms with Crippen LogP contribution in [0.2, 0.25) is 0 Å². The molecule has 2 heterocycles. The molecule has 0 aliphatic carbocycles. The molecule has 26 heavy (non-hydrogen) atoms. The van der Waals surface area contributed by atoms with Gasteiger partial charge in [-0.05, 0) is 25.5 Å². The number of hydrogen-bond acceptors (Lipinski definition) is 3. The summed E-state index contributed by atoms with van der Waals surface area (Å²) in [5.74, 6) is -0.105. The normalized spacial score (nSPS) is 10.7. The first kappa shape index (κ1) is 17.7. The van der Waals surface area contributed by atoms with Gasteiger partial charge in [0, 0.05) is 31.4 Å². The van der Waals surface area contributed by atoms with E-state index in [0.29, 0.717) is 18.8 Å². The van der Waals surface area contributed by atoms with E-state index in [4.69, 9.17) is 0 Å². The average molecular weight is 349 g/mol. The van der Waals surface area contributed by atoms with Crippen molar-refractivity contribution in [2.24, 2.45) is 7.05 Å². The van der Waals surface area contributed by atoms with E-state index in [-0.39, 0.29) is 5.91 Å². The summed E-state index contributed by atoms with van der Waals surface area (Å²) in [6.07, 6.45) is 1.73. The quantitative estimate of drug-likeness (QED) is 0.695. The van der Waals surface area contributed by atoms with E-state index in [1.54, 1.807) is 17.0 Å². The van der Waals surface area contributed by atoms with Gasteiger partial charge in [-0.3, -0.25) is 14.6 Å². The summed E-state index contributed by atoms with van der Waals surface area (Å²) in [5.41, 5.74) is 5.13. The lowest BCUT2D eigenvalue weighted by molar-refractivity contribution is 0.0757. The van der Waals surface area contributed by atoms with Gasteiger partial charge in [0.25, 0.3) is 5.91 Å². The lowest BCUT2D eigenvalue weighted by Gasteiger charge is -2.20. The van der Waals surface area contributed by atoms with E-state index < -0.39 is 0 Å². The monoisotopic (exact) mass is 349 g/mol. The van der Waals surface area contributed by atoms with Crippen LogP contribution in [-0.4, -0.2) is 37.3 Å². The predicted molar refractivity (Wildman–Crippen MR) is 102 cm³/mol. The van der Waals surface area contributed by atoms with E-state index in [1.165, 1.54) is 0 Å². The summed E-state index contributed by atoms with van der Waals surface area (Å²) < 4.78 is 1.82. The van der Waals surface area contributed by atoms with E-state index in [1.807, 2.05) is 55.9 Å². The summed E-state index contributed by atoms with van der Waals surface area (Å²) in [7, 11) is 1.90. The molecule has 0 saturated carbocycles. The number of nitrogens with zero attached hydrogens (tertiary/aromatic N) is 4. The highest BCUT2D eigenvalue weighted by molar-refractivity contribution is 5.93. The molecule has 1 amide bonds. The topological polar surface area (TPSA) is 66.8 Å². The molecule has 0 aliphatic heterocycles. The van der Waals surface area contributed by atoms with E-state index in [2.05, 4.69) is 21.9 Å². The van der Waals surface area contributed by atoms with Crippen molar-refractivity contribution >= 4 is 5.91 Å². The minimum atomic E-state index is -0.105. The molecule has 2 aromatic heterocycles. The van der Waals surface area contributed by atoms with Gasteiger partial charge in [-0.2, -0.15) is 10.2 Å². The molecule has 0 atom stereocenters. The molecule has 0 radical (unpaired) electrons. The van der Waals surface area contributed by atoms with Gasteiger partial charge in [-0.25, -0.2) is 0 Å². The van der Waals surface area contributed by atoms with Crippen molar-refractivity contribution in [3.8, 4) is 11.3 Å². The molecule has 0 saturated heterocycles. The Morgan fingerprint density at radius 2 is 2.04 bits per heavy atom. The van der Waals surface area contributed by atoms with Gasteiger partial charge >= 0.3 is 0 Å². The number of rotatable bonds is 6. The second-order valence-corrected chi connectivity index (χ2v) is 6.30. The molecule has 134 valence electrons. The van der Waals surface area contributed by atoms with Crippen LogP contribution in [0.4, 0.5) is 0 Å². The van der Waals surface area contributed by atoms with Crippen LogP contribution in [0, 0.1) is 13.8 Å². The fourth-order valence-electron chi connectivity index (χ4n) is 3.05. The number of aromatic amines is 1. The van der Waals surface area contributed by atoms with Crippen molar-refractivity contribution in [1.82, 2.24) is 24.9 Å². The number of aromatic nitrogens is 4. The molecule has 0 spiro atoms. The first-order valence-electron chi connectivity index (χ1n) is 8.51. The SMILES string of the molecule is C=CCN(Cc1ccccc1)C(=O)c1cc(-c2c(C)nn(C)c2C)n[nH]1. The molecular weight excluding hydrogens is 326 g/mol. The number of H-pyrrole nitrogens is 1. The lowest BCUT2D eigenvalue weighted by Crippen LogP contribution is -2.31. The predicted octanol–water partition coefficient (Wildman–Crippen LogP) is 3.26. The molecule has 1 N–H and O–H groups in total. The van der Waals surface area contributed by atoms with Crippen LogP contribution in [0.5, 0.6) is 0 Å². The molecule has 0 aliphatic rings. The van der Waals surface area contributed by atoms with Gasteiger partial charge in [-0.15, -0.1) is 6.58 Å². The minimum absolute atomic E-state index is 0.105. The molecule has 0 bridgehead atoms. The Morgan fingerprint density at radius 1 is 1.31 bits per heavy atom. The number of nitrogens with one attached hydrogen (secondary N) is 1. The Balaban J connectivity index is 1.86. The minimum Gasteiger partial charge on any atom is -0.329 e. The Bertz CT molecular complexity index is 923. The fourth-order valence-corrected chi connectivity index (χ4v) is 3.05. The van der Waals surface area contributed by atoms with E-state index in [9.17, 15) is 4.79 Å². The largest absolute Gasteiger partial charge is 0.329 e. The Hall–Kier alpha value is -3.15. The molecule has 6 nitrogen and oxygen atoms in total. The summed E-state index contributed by atoms with van der Waals surface area (Å²) in [4.78, 5) is 14.7. The van der Waals surface area contributed by atoms with Crippen LogP contribution in [0.25, 0.3) is 11.3 Å². The van der Waals surface area contributed by atoms with Crippen molar-refractivity contribution in [1.29, 1.82) is 0 Å². The van der Waals surface area contributed by atoms with Crippen molar-refractivity contribution in [2.45, 2.75) is 20.4 Å². The molecule has 0 fully saturated rings. The number of aryl methyl sites for hydroxylation is 2. The zero-order chi connectivity index (χ0) is 18.7. The van der Waals surface area contributed by atoms with E-state index in [0.717, 1.165) is 28.2 Å². The first-order chi connectivity index (χ1) is 12.5. The van der Waals surface area contributed by atoms with Gasteiger partial charge in [0.05, 0.1) is 11.4 Å². The highest BCUT2D eigenvalue weighted by atomic mass is 16.2. The maximum absolute atomic E-state index is 12.9. The van der Waals surface area contributed by atoms with Crippen molar-refractivity contribution in [3.63, 3.8) is 0 Å². The summed E-state index contributed by atoms with van der Waals surface area (Å²) >= 11 is 0. The molecule has 0 unspecified atom stereocenters. The van der Waals surface area contributed by atoms with Crippen LogP contribution in [0.1, 0.15) is 27.4 Å². The number of carbonyl (C=O) groups is 1. The van der Waals surface area contributed by atoms with Crippen molar-refractivity contribution in [3.05, 3.63) is 71.7 Å².